The molecule has 0 atom stereocenters. The monoisotopic (exact) mass is 464 g/mol. The van der Waals surface area contributed by atoms with Crippen LogP contribution in [-0.4, -0.2) is 75.7 Å². The molecule has 0 spiro atoms. The minimum atomic E-state index is -3.74. The molecule has 0 amide bonds. The fourth-order valence-corrected chi connectivity index (χ4v) is 5.08. The number of methoxy groups -OCH3 is 1. The summed E-state index contributed by atoms with van der Waals surface area (Å²) in [5.74, 6) is -1.09. The number of aryl methyl sites for hydroxylation is 1. The molecule has 2 heterocycles. The molecule has 32 heavy (non-hydrogen) atoms. The van der Waals surface area contributed by atoms with Crippen LogP contribution in [0.2, 0.25) is 0 Å². The number of ketones is 1. The van der Waals surface area contributed by atoms with Crippen molar-refractivity contribution in [2.45, 2.75) is 25.3 Å². The lowest BCUT2D eigenvalue weighted by Gasteiger charge is -2.26. The van der Waals surface area contributed by atoms with Crippen LogP contribution in [0.15, 0.2) is 35.2 Å². The van der Waals surface area contributed by atoms with Gasteiger partial charge in [-0.05, 0) is 38.1 Å². The van der Waals surface area contributed by atoms with Gasteiger partial charge in [-0.15, -0.1) is 0 Å². The first kappa shape index (κ1) is 24.1. The summed E-state index contributed by atoms with van der Waals surface area (Å²) >= 11 is 0. The molecule has 3 rings (SSSR count). The maximum atomic E-state index is 12.8. The third kappa shape index (κ3) is 5.26. The minimum Gasteiger partial charge on any atom is -0.454 e. The number of sulfonamides is 1. The topological polar surface area (TPSA) is 104 Å². The molecule has 9 nitrogen and oxygen atoms in total. The highest BCUT2D eigenvalue weighted by molar-refractivity contribution is 7.89. The fourth-order valence-electron chi connectivity index (χ4n) is 3.62. The molecule has 1 fully saturated rings. The zero-order chi connectivity index (χ0) is 23.3. The average molecular weight is 465 g/mol. The first-order valence-electron chi connectivity index (χ1n) is 10.3. The Bertz CT molecular complexity index is 1090. The van der Waals surface area contributed by atoms with Crippen LogP contribution in [-0.2, 0) is 30.8 Å². The van der Waals surface area contributed by atoms with E-state index in [1.54, 1.807) is 13.2 Å². The van der Waals surface area contributed by atoms with E-state index < -0.39 is 22.6 Å². The fraction of sp³-hybridized carbons (Fsp3) is 0.455. The van der Waals surface area contributed by atoms with Gasteiger partial charge in [0, 0.05) is 43.7 Å². The third-order valence-corrected chi connectivity index (χ3v) is 7.30. The van der Waals surface area contributed by atoms with Crippen LogP contribution in [0, 0.1) is 13.8 Å². The van der Waals surface area contributed by atoms with Crippen molar-refractivity contribution < 1.29 is 32.2 Å². The van der Waals surface area contributed by atoms with E-state index in [1.807, 2.05) is 18.4 Å². The Labute approximate surface area is 187 Å². The number of benzene rings is 1. The van der Waals surface area contributed by atoms with E-state index in [4.69, 9.17) is 14.2 Å². The van der Waals surface area contributed by atoms with Gasteiger partial charge in [-0.2, -0.15) is 4.31 Å². The summed E-state index contributed by atoms with van der Waals surface area (Å²) in [5, 5.41) is 0. The highest BCUT2D eigenvalue weighted by atomic mass is 32.2. The molecule has 1 saturated heterocycles. The van der Waals surface area contributed by atoms with E-state index in [1.165, 1.54) is 28.6 Å². The molecule has 0 N–H and O–H groups in total. The molecule has 0 unspecified atom stereocenters. The van der Waals surface area contributed by atoms with Gasteiger partial charge < -0.3 is 18.8 Å². The molecule has 1 aromatic heterocycles. The predicted octanol–water partition coefficient (Wildman–Crippen LogP) is 1.81. The SMILES string of the molecule is COCCn1c(C)cc(C(=O)COC(=O)c2cccc(S(=O)(=O)N3CCOCC3)c2)c1C. The quantitative estimate of drug-likeness (QED) is 0.412. The molecule has 0 bridgehead atoms. The highest BCUT2D eigenvalue weighted by Crippen LogP contribution is 2.20. The first-order chi connectivity index (χ1) is 15.3. The largest absolute Gasteiger partial charge is 0.454 e. The zero-order valence-corrected chi connectivity index (χ0v) is 19.3. The summed E-state index contributed by atoms with van der Waals surface area (Å²) in [6, 6.07) is 7.41. The Balaban J connectivity index is 1.68. The molecule has 1 aliphatic rings. The van der Waals surface area contributed by atoms with Crippen LogP contribution in [0.5, 0.6) is 0 Å². The number of esters is 1. The molecule has 1 aliphatic heterocycles. The lowest BCUT2D eigenvalue weighted by Crippen LogP contribution is -2.40. The third-order valence-electron chi connectivity index (χ3n) is 5.40. The number of morpholine rings is 1. The van der Waals surface area contributed by atoms with Gasteiger partial charge in [0.1, 0.15) is 0 Å². The van der Waals surface area contributed by atoms with Crippen LogP contribution in [0.1, 0.15) is 32.1 Å². The summed E-state index contributed by atoms with van der Waals surface area (Å²) in [7, 11) is -2.13. The highest BCUT2D eigenvalue weighted by Gasteiger charge is 2.27. The van der Waals surface area contributed by atoms with E-state index in [-0.39, 0.29) is 29.3 Å². The Kier molecular flexibility index (Phi) is 7.83. The lowest BCUT2D eigenvalue weighted by atomic mass is 10.1. The lowest BCUT2D eigenvalue weighted by molar-refractivity contribution is 0.0474. The molecule has 2 aromatic rings. The molecule has 1 aromatic carbocycles. The molecule has 0 saturated carbocycles. The second-order valence-corrected chi connectivity index (χ2v) is 9.41. The normalized spacial score (nSPS) is 15.0. The summed E-state index contributed by atoms with van der Waals surface area (Å²) in [5.41, 5.74) is 2.24. The van der Waals surface area contributed by atoms with Gasteiger partial charge in [0.25, 0.3) is 0 Å². The van der Waals surface area contributed by atoms with Gasteiger partial charge in [0.15, 0.2) is 6.61 Å². The average Bonchev–Trinajstić information content (AvgIpc) is 3.09. The van der Waals surface area contributed by atoms with Crippen molar-refractivity contribution in [1.29, 1.82) is 0 Å². The number of Topliss-reactive ketones (excluding diaryl/α,β-unsaturated/α-hetero) is 1. The standard InChI is InChI=1S/C22H28N2O7S/c1-16-13-20(17(2)24(16)9-10-29-3)21(25)15-31-22(26)18-5-4-6-19(14-18)32(27,28)23-7-11-30-12-8-23/h4-6,13-14H,7-12,15H2,1-3H3. The van der Waals surface area contributed by atoms with Gasteiger partial charge in [0.05, 0.1) is 30.3 Å². The van der Waals surface area contributed by atoms with Gasteiger partial charge in [-0.1, -0.05) is 6.07 Å². The number of carbonyl (C=O) groups is 2. The Morgan fingerprint density at radius 1 is 1.12 bits per heavy atom. The number of nitrogens with zero attached hydrogens (tertiary/aromatic N) is 2. The molecule has 10 heteroatoms. The molecule has 0 aliphatic carbocycles. The summed E-state index contributed by atoms with van der Waals surface area (Å²) < 4.78 is 44.4. The first-order valence-corrected chi connectivity index (χ1v) is 11.7. The van der Waals surface area contributed by atoms with Gasteiger partial charge in [0.2, 0.25) is 15.8 Å². The van der Waals surface area contributed by atoms with Gasteiger partial charge in [-0.3, -0.25) is 4.79 Å². The maximum Gasteiger partial charge on any atom is 0.338 e. The van der Waals surface area contributed by atoms with Gasteiger partial charge >= 0.3 is 5.97 Å². The predicted molar refractivity (Wildman–Crippen MR) is 116 cm³/mol. The second kappa shape index (κ2) is 10.4. The minimum absolute atomic E-state index is 0.00173. The second-order valence-electron chi connectivity index (χ2n) is 7.47. The van der Waals surface area contributed by atoms with E-state index >= 15 is 0 Å². The van der Waals surface area contributed by atoms with Crippen LogP contribution in [0.25, 0.3) is 0 Å². The van der Waals surface area contributed by atoms with Crippen molar-refractivity contribution in [2.75, 3.05) is 46.6 Å². The van der Waals surface area contributed by atoms with E-state index in [9.17, 15) is 18.0 Å². The number of carbonyl (C=O) groups excluding carboxylic acids is 2. The van der Waals surface area contributed by atoms with Crippen LogP contribution >= 0.6 is 0 Å². The van der Waals surface area contributed by atoms with E-state index in [2.05, 4.69) is 0 Å². The van der Waals surface area contributed by atoms with Crippen LogP contribution < -0.4 is 0 Å². The van der Waals surface area contributed by atoms with Crippen molar-refractivity contribution in [2.24, 2.45) is 0 Å². The zero-order valence-electron chi connectivity index (χ0n) is 18.5. The van der Waals surface area contributed by atoms with Crippen molar-refractivity contribution in [1.82, 2.24) is 8.87 Å². The van der Waals surface area contributed by atoms with Crippen molar-refractivity contribution >= 4 is 21.8 Å². The van der Waals surface area contributed by atoms with E-state index in [0.717, 1.165) is 11.4 Å². The van der Waals surface area contributed by atoms with Crippen LogP contribution in [0.3, 0.4) is 0 Å². The Morgan fingerprint density at radius 2 is 1.84 bits per heavy atom. The van der Waals surface area contributed by atoms with Crippen LogP contribution in [0.4, 0.5) is 0 Å². The molecular weight excluding hydrogens is 436 g/mol. The molecule has 174 valence electrons. The number of hydrogen-bond donors (Lipinski definition) is 0. The van der Waals surface area contributed by atoms with Crippen molar-refractivity contribution in [3.63, 3.8) is 0 Å². The molecule has 0 radical (unpaired) electrons. The number of rotatable bonds is 9. The smallest absolute Gasteiger partial charge is 0.338 e. The van der Waals surface area contributed by atoms with Gasteiger partial charge in [-0.25, -0.2) is 13.2 Å². The maximum absolute atomic E-state index is 12.8. The van der Waals surface area contributed by atoms with Crippen molar-refractivity contribution in [3.8, 4) is 0 Å². The number of aromatic nitrogens is 1. The summed E-state index contributed by atoms with van der Waals surface area (Å²) in [6.45, 7) is 5.60. The summed E-state index contributed by atoms with van der Waals surface area (Å²) in [4.78, 5) is 25.1. The van der Waals surface area contributed by atoms with E-state index in [0.29, 0.717) is 31.9 Å². The Hall–Kier alpha value is -2.53. The number of ether oxygens (including phenoxy) is 3. The molecular formula is C22H28N2O7S. The summed E-state index contributed by atoms with van der Waals surface area (Å²) in [6.07, 6.45) is 0. The van der Waals surface area contributed by atoms with Crippen molar-refractivity contribution in [3.05, 3.63) is 52.8 Å². The number of hydrogen-bond acceptors (Lipinski definition) is 7. The Morgan fingerprint density at radius 3 is 2.53 bits per heavy atom.